The van der Waals surface area contributed by atoms with Crippen LogP contribution in [0.2, 0.25) is 5.15 Å². The Kier molecular flexibility index (Phi) is 3.05. The van der Waals surface area contributed by atoms with Crippen LogP contribution in [0, 0.1) is 0 Å². The molecule has 2 rings (SSSR count). The predicted molar refractivity (Wildman–Crippen MR) is 59.2 cm³/mol. The Bertz CT molecular complexity index is 499. The van der Waals surface area contributed by atoms with Crippen LogP contribution in [-0.4, -0.2) is 37.9 Å². The molecule has 0 saturated carbocycles. The van der Waals surface area contributed by atoms with Gasteiger partial charge in [0.1, 0.15) is 10.0 Å². The molecule has 88 valence electrons. The van der Waals surface area contributed by atoms with Crippen molar-refractivity contribution in [3.63, 3.8) is 0 Å². The van der Waals surface area contributed by atoms with Crippen LogP contribution >= 0.6 is 11.6 Å². The first-order valence-corrected chi connectivity index (χ1v) is 6.58. The van der Waals surface area contributed by atoms with E-state index in [-0.39, 0.29) is 15.9 Å². The van der Waals surface area contributed by atoms with E-state index >= 15 is 0 Å². The lowest BCUT2D eigenvalue weighted by Gasteiger charge is -2.29. The van der Waals surface area contributed by atoms with E-state index in [0.29, 0.717) is 13.1 Å². The first-order valence-electron chi connectivity index (χ1n) is 4.76. The van der Waals surface area contributed by atoms with Crippen molar-refractivity contribution in [2.75, 3.05) is 20.2 Å². The molecule has 0 N–H and O–H groups in total. The van der Waals surface area contributed by atoms with Gasteiger partial charge in [0.05, 0.1) is 7.11 Å². The molecule has 1 aliphatic heterocycles. The summed E-state index contributed by atoms with van der Waals surface area (Å²) in [6, 6.07) is 2.86. The van der Waals surface area contributed by atoms with E-state index in [2.05, 4.69) is 4.98 Å². The molecule has 2 heterocycles. The molecule has 7 heteroatoms. The first kappa shape index (κ1) is 11.6. The number of hydrogen-bond acceptors (Lipinski definition) is 4. The molecule has 1 aliphatic rings. The first-order chi connectivity index (χ1) is 7.55. The number of aromatic nitrogens is 1. The Balaban J connectivity index is 2.46. The van der Waals surface area contributed by atoms with Crippen LogP contribution in [0.4, 0.5) is 0 Å². The summed E-state index contributed by atoms with van der Waals surface area (Å²) in [4.78, 5) is 3.90. The smallest absolute Gasteiger partial charge is 0.248 e. The topological polar surface area (TPSA) is 59.5 Å². The van der Waals surface area contributed by atoms with Crippen LogP contribution in [-0.2, 0) is 10.0 Å². The molecule has 0 spiro atoms. The third kappa shape index (κ3) is 1.88. The monoisotopic (exact) mass is 262 g/mol. The molecule has 1 saturated heterocycles. The van der Waals surface area contributed by atoms with Gasteiger partial charge in [0.15, 0.2) is 0 Å². The van der Waals surface area contributed by atoms with Crippen LogP contribution in [0.25, 0.3) is 0 Å². The van der Waals surface area contributed by atoms with Gasteiger partial charge in [-0.3, -0.25) is 0 Å². The average molecular weight is 263 g/mol. The number of ether oxygens (including phenoxy) is 1. The molecule has 0 aromatic carbocycles. The SMILES string of the molecule is COc1nc(Cl)ccc1S(=O)(=O)N1CCC1. The van der Waals surface area contributed by atoms with Crippen molar-refractivity contribution in [3.8, 4) is 5.88 Å². The van der Waals surface area contributed by atoms with Gasteiger partial charge in [-0.1, -0.05) is 11.6 Å². The van der Waals surface area contributed by atoms with E-state index in [1.807, 2.05) is 0 Å². The maximum atomic E-state index is 12.1. The standard InChI is InChI=1S/C9H11ClN2O3S/c1-15-9-7(3-4-8(10)11-9)16(13,14)12-5-2-6-12/h3-4H,2,5-6H2,1H3. The van der Waals surface area contributed by atoms with Crippen molar-refractivity contribution in [2.45, 2.75) is 11.3 Å². The fourth-order valence-corrected chi connectivity index (χ4v) is 3.16. The van der Waals surface area contributed by atoms with Crippen molar-refractivity contribution < 1.29 is 13.2 Å². The zero-order chi connectivity index (χ0) is 11.8. The molecule has 0 bridgehead atoms. The molecule has 5 nitrogen and oxygen atoms in total. The van der Waals surface area contributed by atoms with Crippen LogP contribution in [0.1, 0.15) is 6.42 Å². The number of pyridine rings is 1. The summed E-state index contributed by atoms with van der Waals surface area (Å²) in [7, 11) is -2.11. The molecule has 1 fully saturated rings. The zero-order valence-corrected chi connectivity index (χ0v) is 10.3. The fraction of sp³-hybridized carbons (Fsp3) is 0.444. The van der Waals surface area contributed by atoms with Crippen molar-refractivity contribution in [2.24, 2.45) is 0 Å². The van der Waals surface area contributed by atoms with E-state index in [4.69, 9.17) is 16.3 Å². The van der Waals surface area contributed by atoms with E-state index in [0.717, 1.165) is 6.42 Å². The Labute approximate surface area is 99.0 Å². The second kappa shape index (κ2) is 4.20. The average Bonchev–Trinajstić information content (AvgIpc) is 2.13. The zero-order valence-electron chi connectivity index (χ0n) is 8.68. The van der Waals surface area contributed by atoms with Crippen LogP contribution < -0.4 is 4.74 Å². The summed E-state index contributed by atoms with van der Waals surface area (Å²) in [6.45, 7) is 1.10. The Morgan fingerprint density at radius 1 is 1.44 bits per heavy atom. The third-order valence-electron chi connectivity index (χ3n) is 2.42. The van der Waals surface area contributed by atoms with Crippen molar-refractivity contribution in [3.05, 3.63) is 17.3 Å². The number of rotatable bonds is 3. The van der Waals surface area contributed by atoms with Crippen LogP contribution in [0.5, 0.6) is 5.88 Å². The highest BCUT2D eigenvalue weighted by atomic mass is 35.5. The lowest BCUT2D eigenvalue weighted by molar-refractivity contribution is 0.306. The predicted octanol–water partition coefficient (Wildman–Crippen LogP) is 1.14. The molecule has 0 radical (unpaired) electrons. The summed E-state index contributed by atoms with van der Waals surface area (Å²) in [5.41, 5.74) is 0. The molecular formula is C9H11ClN2O3S. The minimum Gasteiger partial charge on any atom is -0.480 e. The van der Waals surface area contributed by atoms with Gasteiger partial charge in [-0.05, 0) is 18.6 Å². The van der Waals surface area contributed by atoms with Gasteiger partial charge in [0, 0.05) is 13.1 Å². The minimum absolute atomic E-state index is 0.0411. The van der Waals surface area contributed by atoms with Gasteiger partial charge in [0.25, 0.3) is 0 Å². The lowest BCUT2D eigenvalue weighted by atomic mass is 10.3. The van der Waals surface area contributed by atoms with E-state index in [1.54, 1.807) is 0 Å². The van der Waals surface area contributed by atoms with Gasteiger partial charge >= 0.3 is 0 Å². The largest absolute Gasteiger partial charge is 0.480 e. The lowest BCUT2D eigenvalue weighted by Crippen LogP contribution is -2.42. The van der Waals surface area contributed by atoms with Crippen LogP contribution in [0.3, 0.4) is 0 Å². The summed E-state index contributed by atoms with van der Waals surface area (Å²) in [5.74, 6) is 0.0411. The third-order valence-corrected chi connectivity index (χ3v) is 4.54. The second-order valence-electron chi connectivity index (χ2n) is 3.40. The summed E-state index contributed by atoms with van der Waals surface area (Å²) < 4.78 is 30.5. The Hall–Kier alpha value is -0.850. The highest BCUT2D eigenvalue weighted by Gasteiger charge is 2.32. The number of hydrogen-bond donors (Lipinski definition) is 0. The van der Waals surface area contributed by atoms with Gasteiger partial charge in [-0.15, -0.1) is 0 Å². The number of sulfonamides is 1. The van der Waals surface area contributed by atoms with Gasteiger partial charge < -0.3 is 4.74 Å². The van der Waals surface area contributed by atoms with Crippen molar-refractivity contribution in [1.82, 2.24) is 9.29 Å². The highest BCUT2D eigenvalue weighted by Crippen LogP contribution is 2.28. The van der Waals surface area contributed by atoms with Crippen LogP contribution in [0.15, 0.2) is 17.0 Å². The molecule has 1 aromatic heterocycles. The summed E-state index contributed by atoms with van der Waals surface area (Å²) in [6.07, 6.45) is 0.891. The maximum Gasteiger partial charge on any atom is 0.248 e. The van der Waals surface area contributed by atoms with Crippen molar-refractivity contribution >= 4 is 21.6 Å². The van der Waals surface area contributed by atoms with E-state index < -0.39 is 10.0 Å². The molecule has 1 aromatic rings. The highest BCUT2D eigenvalue weighted by molar-refractivity contribution is 7.89. The molecule has 0 atom stereocenters. The molecule has 0 aliphatic carbocycles. The fourth-order valence-electron chi connectivity index (χ4n) is 1.41. The maximum absolute atomic E-state index is 12.1. The van der Waals surface area contributed by atoms with Crippen molar-refractivity contribution in [1.29, 1.82) is 0 Å². The second-order valence-corrected chi connectivity index (χ2v) is 5.69. The molecular weight excluding hydrogens is 252 g/mol. The molecule has 16 heavy (non-hydrogen) atoms. The van der Waals surface area contributed by atoms with Gasteiger partial charge in [-0.25, -0.2) is 13.4 Å². The van der Waals surface area contributed by atoms with E-state index in [1.165, 1.54) is 23.5 Å². The number of nitrogens with zero attached hydrogens (tertiary/aromatic N) is 2. The van der Waals surface area contributed by atoms with Gasteiger partial charge in [0.2, 0.25) is 15.9 Å². The molecule has 0 unspecified atom stereocenters. The molecule has 0 amide bonds. The Morgan fingerprint density at radius 3 is 2.62 bits per heavy atom. The number of methoxy groups -OCH3 is 1. The van der Waals surface area contributed by atoms with E-state index in [9.17, 15) is 8.42 Å². The number of halogens is 1. The van der Waals surface area contributed by atoms with Gasteiger partial charge in [-0.2, -0.15) is 4.31 Å². The summed E-state index contributed by atoms with van der Waals surface area (Å²) >= 11 is 5.67. The normalized spacial score (nSPS) is 16.9. The summed E-state index contributed by atoms with van der Waals surface area (Å²) in [5, 5.41) is 0.208. The Morgan fingerprint density at radius 2 is 2.12 bits per heavy atom. The minimum atomic E-state index is -3.47. The quantitative estimate of drug-likeness (QED) is 0.767.